The highest BCUT2D eigenvalue weighted by Gasteiger charge is 2.41. The minimum absolute atomic E-state index is 0. The Labute approximate surface area is 177 Å². The van der Waals surface area contributed by atoms with E-state index in [1.165, 1.54) is 48.0 Å². The van der Waals surface area contributed by atoms with Crippen LogP contribution in [0, 0.1) is 5.92 Å². The SMILES string of the molecule is Cl.O=C1c2cccc3c2c(cn3Cc2ccccc2)CN1[C@H]1CN2CCC1CC2. The maximum Gasteiger partial charge on any atom is 0.255 e. The predicted molar refractivity (Wildman–Crippen MR) is 118 cm³/mol. The van der Waals surface area contributed by atoms with Gasteiger partial charge in [0.15, 0.2) is 0 Å². The van der Waals surface area contributed by atoms with Crippen molar-refractivity contribution in [1.29, 1.82) is 0 Å². The molecule has 150 valence electrons. The number of carbonyl (C=O) groups excluding carboxylic acids is 1. The molecule has 2 aromatic carbocycles. The fourth-order valence-corrected chi connectivity index (χ4v) is 5.61. The van der Waals surface area contributed by atoms with Gasteiger partial charge in [0.25, 0.3) is 5.91 Å². The predicted octanol–water partition coefficient (Wildman–Crippen LogP) is 4.16. The van der Waals surface area contributed by atoms with Crippen LogP contribution in [0.15, 0.2) is 54.7 Å². The highest BCUT2D eigenvalue weighted by molar-refractivity contribution is 6.09. The van der Waals surface area contributed by atoms with E-state index in [0.29, 0.717) is 12.0 Å². The van der Waals surface area contributed by atoms with Crippen molar-refractivity contribution in [1.82, 2.24) is 14.4 Å². The Bertz CT molecular complexity index is 1050. The number of amides is 1. The van der Waals surface area contributed by atoms with Gasteiger partial charge in [-0.15, -0.1) is 12.4 Å². The Hall–Kier alpha value is -2.30. The molecule has 0 saturated carbocycles. The molecule has 0 unspecified atom stereocenters. The molecule has 3 saturated heterocycles. The summed E-state index contributed by atoms with van der Waals surface area (Å²) in [6.07, 6.45) is 4.75. The Balaban J connectivity index is 0.00000181. The molecule has 29 heavy (non-hydrogen) atoms. The first kappa shape index (κ1) is 18.7. The first-order valence-electron chi connectivity index (χ1n) is 10.5. The van der Waals surface area contributed by atoms with Crippen LogP contribution < -0.4 is 0 Å². The zero-order valence-corrected chi connectivity index (χ0v) is 17.3. The average Bonchev–Trinajstić information content (AvgIpc) is 3.10. The molecular formula is C24H26ClN3O. The first-order valence-corrected chi connectivity index (χ1v) is 10.5. The topological polar surface area (TPSA) is 28.5 Å². The molecule has 5 heteroatoms. The van der Waals surface area contributed by atoms with Crippen LogP contribution in [0.2, 0.25) is 0 Å². The van der Waals surface area contributed by atoms with Gasteiger partial charge in [-0.1, -0.05) is 36.4 Å². The number of halogens is 1. The molecule has 4 aliphatic rings. The van der Waals surface area contributed by atoms with Crippen LogP contribution in [-0.2, 0) is 13.1 Å². The third-order valence-corrected chi connectivity index (χ3v) is 7.03. The van der Waals surface area contributed by atoms with Gasteiger partial charge in [-0.05, 0) is 55.1 Å². The molecule has 0 spiro atoms. The molecule has 1 atom stereocenters. The molecule has 3 fully saturated rings. The quantitative estimate of drug-likeness (QED) is 0.652. The van der Waals surface area contributed by atoms with E-state index in [1.54, 1.807) is 0 Å². The second-order valence-corrected chi connectivity index (χ2v) is 8.61. The van der Waals surface area contributed by atoms with E-state index in [0.717, 1.165) is 25.2 Å². The van der Waals surface area contributed by atoms with Crippen molar-refractivity contribution in [2.75, 3.05) is 19.6 Å². The number of aromatic nitrogens is 1. The fraction of sp³-hybridized carbons (Fsp3) is 0.375. The van der Waals surface area contributed by atoms with Crippen molar-refractivity contribution in [2.24, 2.45) is 5.92 Å². The summed E-state index contributed by atoms with van der Waals surface area (Å²) in [5, 5.41) is 1.17. The van der Waals surface area contributed by atoms with Crippen molar-refractivity contribution >= 4 is 29.2 Å². The van der Waals surface area contributed by atoms with Gasteiger partial charge < -0.3 is 14.4 Å². The molecule has 1 amide bonds. The van der Waals surface area contributed by atoms with Gasteiger partial charge in [-0.2, -0.15) is 0 Å². The summed E-state index contributed by atoms with van der Waals surface area (Å²) in [6.45, 7) is 5.05. The Morgan fingerprint density at radius 2 is 1.76 bits per heavy atom. The summed E-state index contributed by atoms with van der Waals surface area (Å²) >= 11 is 0. The van der Waals surface area contributed by atoms with Gasteiger partial charge in [-0.25, -0.2) is 0 Å². The van der Waals surface area contributed by atoms with Crippen molar-refractivity contribution in [3.63, 3.8) is 0 Å². The van der Waals surface area contributed by atoms with E-state index in [4.69, 9.17) is 0 Å². The molecule has 5 heterocycles. The van der Waals surface area contributed by atoms with Gasteiger partial charge >= 0.3 is 0 Å². The number of fused-ring (bicyclic) bond motifs is 3. The molecule has 4 nitrogen and oxygen atoms in total. The monoisotopic (exact) mass is 407 g/mol. The lowest BCUT2D eigenvalue weighted by molar-refractivity contribution is 0.00407. The number of rotatable bonds is 3. The van der Waals surface area contributed by atoms with Crippen molar-refractivity contribution < 1.29 is 4.79 Å². The zero-order chi connectivity index (χ0) is 18.7. The lowest BCUT2D eigenvalue weighted by Crippen LogP contribution is -2.58. The maximum atomic E-state index is 13.4. The highest BCUT2D eigenvalue weighted by Crippen LogP contribution is 2.37. The number of piperidine rings is 3. The molecule has 2 bridgehead atoms. The van der Waals surface area contributed by atoms with Gasteiger partial charge in [-0.3, -0.25) is 4.79 Å². The van der Waals surface area contributed by atoms with Crippen LogP contribution in [0.5, 0.6) is 0 Å². The molecule has 4 aliphatic heterocycles. The standard InChI is InChI=1S/C24H25N3O.ClH/c28-24-20-7-4-8-21-23(20)19(14-26(21)13-17-5-2-1-3-6-17)15-27(24)22-16-25-11-9-18(22)10-12-25;/h1-8,14,18,22H,9-13,15-16H2;1H/t22-;/m0./s1. The van der Waals surface area contributed by atoms with Crippen LogP contribution in [0.25, 0.3) is 10.9 Å². The molecule has 0 radical (unpaired) electrons. The molecule has 7 rings (SSSR count). The summed E-state index contributed by atoms with van der Waals surface area (Å²) < 4.78 is 2.32. The van der Waals surface area contributed by atoms with Crippen LogP contribution in [0.3, 0.4) is 0 Å². The summed E-state index contributed by atoms with van der Waals surface area (Å²) in [5.74, 6) is 0.899. The summed E-state index contributed by atoms with van der Waals surface area (Å²) in [4.78, 5) is 18.2. The molecular weight excluding hydrogens is 382 g/mol. The first-order chi connectivity index (χ1) is 13.8. The smallest absolute Gasteiger partial charge is 0.255 e. The number of nitrogens with zero attached hydrogens (tertiary/aromatic N) is 3. The highest BCUT2D eigenvalue weighted by atomic mass is 35.5. The Kier molecular flexibility index (Phi) is 4.64. The van der Waals surface area contributed by atoms with E-state index < -0.39 is 0 Å². The third kappa shape index (κ3) is 2.97. The number of benzene rings is 2. The zero-order valence-electron chi connectivity index (χ0n) is 16.5. The molecule has 0 N–H and O–H groups in total. The van der Waals surface area contributed by atoms with E-state index in [2.05, 4.69) is 57.0 Å². The maximum absolute atomic E-state index is 13.4. The van der Waals surface area contributed by atoms with Crippen LogP contribution in [0.4, 0.5) is 0 Å². The van der Waals surface area contributed by atoms with Gasteiger partial charge in [0.2, 0.25) is 0 Å². The van der Waals surface area contributed by atoms with Crippen LogP contribution in [0.1, 0.15) is 34.3 Å². The van der Waals surface area contributed by atoms with E-state index >= 15 is 0 Å². The second-order valence-electron chi connectivity index (χ2n) is 8.61. The fourth-order valence-electron chi connectivity index (χ4n) is 5.61. The van der Waals surface area contributed by atoms with Crippen molar-refractivity contribution in [3.05, 3.63) is 71.4 Å². The minimum Gasteiger partial charge on any atom is -0.343 e. The summed E-state index contributed by atoms with van der Waals surface area (Å²) in [6, 6.07) is 17.2. The largest absolute Gasteiger partial charge is 0.343 e. The second kappa shape index (κ2) is 7.19. The normalized spacial score (nSPS) is 25.3. The summed E-state index contributed by atoms with van der Waals surface area (Å²) in [7, 11) is 0. The number of carbonyl (C=O) groups is 1. The van der Waals surface area contributed by atoms with Crippen molar-refractivity contribution in [2.45, 2.75) is 32.0 Å². The van der Waals surface area contributed by atoms with Gasteiger partial charge in [0.1, 0.15) is 0 Å². The van der Waals surface area contributed by atoms with Crippen molar-refractivity contribution in [3.8, 4) is 0 Å². The van der Waals surface area contributed by atoms with Gasteiger partial charge in [0.05, 0.1) is 0 Å². The number of hydrogen-bond acceptors (Lipinski definition) is 2. The van der Waals surface area contributed by atoms with E-state index in [9.17, 15) is 4.79 Å². The third-order valence-electron chi connectivity index (χ3n) is 7.03. The molecule has 1 aromatic heterocycles. The Morgan fingerprint density at radius 3 is 2.48 bits per heavy atom. The summed E-state index contributed by atoms with van der Waals surface area (Å²) in [5.41, 5.74) is 4.66. The lowest BCUT2D eigenvalue weighted by Gasteiger charge is -2.49. The Morgan fingerprint density at radius 1 is 0.966 bits per heavy atom. The molecule has 0 aliphatic carbocycles. The van der Waals surface area contributed by atoms with E-state index in [-0.39, 0.29) is 18.3 Å². The lowest BCUT2D eigenvalue weighted by atomic mass is 9.82. The van der Waals surface area contributed by atoms with Crippen LogP contribution in [-0.4, -0.2) is 46.0 Å². The average molecular weight is 408 g/mol. The van der Waals surface area contributed by atoms with Crippen LogP contribution >= 0.6 is 12.4 Å². The number of hydrogen-bond donors (Lipinski definition) is 0. The molecule has 3 aromatic rings. The van der Waals surface area contributed by atoms with Gasteiger partial charge in [0, 0.05) is 48.3 Å². The minimum atomic E-state index is 0. The van der Waals surface area contributed by atoms with E-state index in [1.807, 2.05) is 12.1 Å².